The van der Waals surface area contributed by atoms with Crippen molar-refractivity contribution in [2.24, 2.45) is 17.6 Å². The molecule has 3 N–H and O–H groups in total. The first-order chi connectivity index (χ1) is 10.8. The van der Waals surface area contributed by atoms with Crippen molar-refractivity contribution < 1.29 is 9.53 Å². The fourth-order valence-electron chi connectivity index (χ4n) is 3.80. The number of pyridine rings is 1. The molecular weight excluding hydrogens is 298 g/mol. The van der Waals surface area contributed by atoms with Gasteiger partial charge in [0.1, 0.15) is 5.76 Å². The number of allylic oxidation sites excluding steroid dienone is 1. The number of amides is 1. The molecular formula is C16H19N3O2S. The van der Waals surface area contributed by atoms with Gasteiger partial charge >= 0.3 is 0 Å². The van der Waals surface area contributed by atoms with Crippen LogP contribution in [0.4, 0.5) is 0 Å². The van der Waals surface area contributed by atoms with Crippen molar-refractivity contribution >= 4 is 22.6 Å². The molecule has 6 heteroatoms. The lowest BCUT2D eigenvalue weighted by Crippen LogP contribution is -2.57. The molecule has 1 aromatic rings. The molecule has 116 valence electrons. The molecule has 5 nitrogen and oxygen atoms in total. The first kappa shape index (κ1) is 14.1. The maximum atomic E-state index is 12.5. The summed E-state index contributed by atoms with van der Waals surface area (Å²) in [7, 11) is 0. The Bertz CT molecular complexity index is 619. The second-order valence-electron chi connectivity index (χ2n) is 6.00. The minimum atomic E-state index is -0.0935. The average Bonchev–Trinajstić information content (AvgIpc) is 2.80. The summed E-state index contributed by atoms with van der Waals surface area (Å²) in [6, 6.07) is 4.02. The molecule has 0 saturated carbocycles. The normalized spacial score (nSPS) is 33.8. The third-order valence-electron chi connectivity index (χ3n) is 4.80. The third kappa shape index (κ3) is 2.13. The number of carbonyl (C=O) groups excluding carboxylic acids is 1. The van der Waals surface area contributed by atoms with Crippen LogP contribution in [0.25, 0.3) is 4.91 Å². The van der Waals surface area contributed by atoms with Crippen molar-refractivity contribution in [1.82, 2.24) is 10.3 Å². The van der Waals surface area contributed by atoms with E-state index in [1.54, 1.807) is 24.2 Å². The van der Waals surface area contributed by atoms with Crippen molar-refractivity contribution in [1.29, 1.82) is 0 Å². The number of rotatable bonds is 2. The second-order valence-corrected chi connectivity index (χ2v) is 7.15. The minimum Gasteiger partial charge on any atom is -0.496 e. The van der Waals surface area contributed by atoms with Gasteiger partial charge in [0.15, 0.2) is 0 Å². The fraction of sp³-hybridized carbons (Fsp3) is 0.500. The van der Waals surface area contributed by atoms with Gasteiger partial charge in [0.2, 0.25) is 5.91 Å². The van der Waals surface area contributed by atoms with Gasteiger partial charge in [0, 0.05) is 30.9 Å². The van der Waals surface area contributed by atoms with E-state index in [4.69, 9.17) is 10.5 Å². The summed E-state index contributed by atoms with van der Waals surface area (Å²) in [6.07, 6.45) is 5.62. The quantitative estimate of drug-likeness (QED) is 0.861. The standard InChI is InChI=1S/C16H19N3O2S/c17-8-11-10-2-1-7-21-13-12(10)15(16(20)19-11)22-14(13)9-3-5-18-6-4-9/h3-6,10-12,15H,1-2,7-8,17H2,(H,19,20). The van der Waals surface area contributed by atoms with Crippen LogP contribution in [-0.2, 0) is 9.53 Å². The number of hydrogen-bond donors (Lipinski definition) is 2. The number of nitrogens with zero attached hydrogens (tertiary/aromatic N) is 1. The minimum absolute atomic E-state index is 0.0582. The Balaban J connectivity index is 1.79. The van der Waals surface area contributed by atoms with E-state index in [0.29, 0.717) is 12.5 Å². The smallest absolute Gasteiger partial charge is 0.234 e. The van der Waals surface area contributed by atoms with E-state index in [-0.39, 0.29) is 23.1 Å². The highest BCUT2D eigenvalue weighted by Crippen LogP contribution is 2.54. The molecule has 0 aliphatic carbocycles. The lowest BCUT2D eigenvalue weighted by molar-refractivity contribution is -0.125. The van der Waals surface area contributed by atoms with E-state index in [2.05, 4.69) is 10.3 Å². The molecule has 0 spiro atoms. The molecule has 1 aromatic heterocycles. The summed E-state index contributed by atoms with van der Waals surface area (Å²) in [4.78, 5) is 17.7. The van der Waals surface area contributed by atoms with Gasteiger partial charge in [-0.15, -0.1) is 11.8 Å². The molecule has 2 fully saturated rings. The van der Waals surface area contributed by atoms with Crippen LogP contribution in [0, 0.1) is 11.8 Å². The summed E-state index contributed by atoms with van der Waals surface area (Å²) < 4.78 is 6.09. The first-order valence-electron chi connectivity index (χ1n) is 7.74. The topological polar surface area (TPSA) is 77.2 Å². The number of hydrogen-bond acceptors (Lipinski definition) is 5. The Hall–Kier alpha value is -1.53. The van der Waals surface area contributed by atoms with Gasteiger partial charge in [0.05, 0.1) is 16.8 Å². The Morgan fingerprint density at radius 1 is 1.41 bits per heavy atom. The Kier molecular flexibility index (Phi) is 3.58. The van der Waals surface area contributed by atoms with Crippen molar-refractivity contribution in [2.75, 3.05) is 13.2 Å². The molecule has 4 unspecified atom stereocenters. The van der Waals surface area contributed by atoms with Crippen molar-refractivity contribution in [3.63, 3.8) is 0 Å². The van der Waals surface area contributed by atoms with Gasteiger partial charge in [-0.05, 0) is 36.5 Å². The van der Waals surface area contributed by atoms with Gasteiger partial charge in [0.25, 0.3) is 0 Å². The third-order valence-corrected chi connectivity index (χ3v) is 6.23. The van der Waals surface area contributed by atoms with Crippen LogP contribution in [0.15, 0.2) is 30.3 Å². The molecule has 22 heavy (non-hydrogen) atoms. The maximum Gasteiger partial charge on any atom is 0.234 e. The highest BCUT2D eigenvalue weighted by atomic mass is 32.2. The lowest BCUT2D eigenvalue weighted by atomic mass is 9.76. The maximum absolute atomic E-state index is 12.5. The monoisotopic (exact) mass is 317 g/mol. The summed E-state index contributed by atoms with van der Waals surface area (Å²) in [5.74, 6) is 1.61. The molecule has 4 rings (SSSR count). The molecule has 0 aromatic carbocycles. The van der Waals surface area contributed by atoms with E-state index in [9.17, 15) is 4.79 Å². The average molecular weight is 317 g/mol. The molecule has 2 saturated heterocycles. The number of carbonyl (C=O) groups is 1. The van der Waals surface area contributed by atoms with Gasteiger partial charge in [-0.25, -0.2) is 0 Å². The largest absolute Gasteiger partial charge is 0.496 e. The molecule has 4 heterocycles. The molecule has 0 radical (unpaired) electrons. The van der Waals surface area contributed by atoms with Gasteiger partial charge in [-0.1, -0.05) is 0 Å². The number of thioether (sulfide) groups is 1. The number of nitrogens with two attached hydrogens (primary N) is 1. The molecule has 1 amide bonds. The zero-order valence-corrected chi connectivity index (χ0v) is 13.0. The van der Waals surface area contributed by atoms with Crippen LogP contribution in [0.2, 0.25) is 0 Å². The molecule has 3 aliphatic heterocycles. The summed E-state index contributed by atoms with van der Waals surface area (Å²) in [6.45, 7) is 1.21. The van der Waals surface area contributed by atoms with Crippen LogP contribution in [-0.4, -0.2) is 35.3 Å². The lowest BCUT2D eigenvalue weighted by Gasteiger charge is -2.38. The zero-order chi connectivity index (χ0) is 15.1. The summed E-state index contributed by atoms with van der Waals surface area (Å²) in [5, 5.41) is 3.02. The summed E-state index contributed by atoms with van der Waals surface area (Å²) in [5.41, 5.74) is 6.98. The molecule has 4 atom stereocenters. The van der Waals surface area contributed by atoms with Crippen LogP contribution in [0.3, 0.4) is 0 Å². The number of aromatic nitrogens is 1. The van der Waals surface area contributed by atoms with Crippen LogP contribution >= 0.6 is 11.8 Å². The van der Waals surface area contributed by atoms with E-state index in [0.717, 1.165) is 35.7 Å². The number of piperidine rings is 1. The van der Waals surface area contributed by atoms with E-state index < -0.39 is 0 Å². The van der Waals surface area contributed by atoms with Crippen LogP contribution < -0.4 is 11.1 Å². The van der Waals surface area contributed by atoms with Gasteiger partial charge < -0.3 is 15.8 Å². The van der Waals surface area contributed by atoms with Gasteiger partial charge in [-0.2, -0.15) is 0 Å². The Morgan fingerprint density at radius 2 is 2.23 bits per heavy atom. The molecule has 0 bridgehead atoms. The second kappa shape index (κ2) is 5.59. The van der Waals surface area contributed by atoms with E-state index >= 15 is 0 Å². The predicted molar refractivity (Wildman–Crippen MR) is 85.7 cm³/mol. The van der Waals surface area contributed by atoms with Gasteiger partial charge in [-0.3, -0.25) is 9.78 Å². The fourth-order valence-corrected chi connectivity index (χ4v) is 5.28. The molecule has 3 aliphatic rings. The SMILES string of the molecule is NCC1NC(=O)C2SC(c3ccncc3)=C3OCCCC1C32. The van der Waals surface area contributed by atoms with E-state index in [1.165, 1.54) is 0 Å². The first-order valence-corrected chi connectivity index (χ1v) is 8.62. The van der Waals surface area contributed by atoms with Crippen molar-refractivity contribution in [3.8, 4) is 0 Å². The number of ether oxygens (including phenoxy) is 1. The van der Waals surface area contributed by atoms with Crippen molar-refractivity contribution in [2.45, 2.75) is 24.1 Å². The Labute approximate surface area is 133 Å². The van der Waals surface area contributed by atoms with Crippen LogP contribution in [0.1, 0.15) is 18.4 Å². The number of nitrogens with one attached hydrogen (secondary N) is 1. The highest BCUT2D eigenvalue weighted by Gasteiger charge is 2.52. The van der Waals surface area contributed by atoms with Crippen molar-refractivity contribution in [3.05, 3.63) is 35.8 Å². The summed E-state index contributed by atoms with van der Waals surface area (Å²) >= 11 is 1.63. The van der Waals surface area contributed by atoms with E-state index in [1.807, 2.05) is 12.1 Å². The predicted octanol–water partition coefficient (Wildman–Crippen LogP) is 1.37. The Morgan fingerprint density at radius 3 is 3.00 bits per heavy atom. The van der Waals surface area contributed by atoms with Crippen LogP contribution in [0.5, 0.6) is 0 Å². The highest BCUT2D eigenvalue weighted by molar-refractivity contribution is 8.09. The zero-order valence-electron chi connectivity index (χ0n) is 12.2.